The van der Waals surface area contributed by atoms with Crippen LogP contribution in [0.15, 0.2) is 0 Å². The van der Waals surface area contributed by atoms with E-state index >= 15 is 0 Å². The molecular weight excluding hydrogens is 262 g/mol. The highest BCUT2D eigenvalue weighted by Crippen LogP contribution is 2.49. The van der Waals surface area contributed by atoms with Crippen LogP contribution >= 0.6 is 0 Å². The molecule has 2 rings (SSSR count). The van der Waals surface area contributed by atoms with Gasteiger partial charge in [-0.25, -0.2) is 0 Å². The topological polar surface area (TPSA) is 30.5 Å². The van der Waals surface area contributed by atoms with Crippen molar-refractivity contribution >= 4 is 0 Å². The number of ether oxygens (including phenoxy) is 2. The van der Waals surface area contributed by atoms with Crippen molar-refractivity contribution in [2.45, 2.75) is 59.5 Å². The second-order valence-electron chi connectivity index (χ2n) is 7.98. The van der Waals surface area contributed by atoms with Crippen LogP contribution < -0.4 is 5.32 Å². The van der Waals surface area contributed by atoms with Crippen LogP contribution in [0.2, 0.25) is 0 Å². The molecule has 3 nitrogen and oxygen atoms in total. The van der Waals surface area contributed by atoms with Crippen LogP contribution in [0.5, 0.6) is 0 Å². The molecule has 2 fully saturated rings. The molecule has 2 aliphatic rings. The Morgan fingerprint density at radius 3 is 2.57 bits per heavy atom. The molecule has 21 heavy (non-hydrogen) atoms. The maximum atomic E-state index is 6.13. The van der Waals surface area contributed by atoms with E-state index in [0.29, 0.717) is 23.4 Å². The van der Waals surface area contributed by atoms with Crippen LogP contribution in [0.4, 0.5) is 0 Å². The summed E-state index contributed by atoms with van der Waals surface area (Å²) in [7, 11) is 0. The highest BCUT2D eigenvalue weighted by Gasteiger charge is 2.50. The molecule has 1 N–H and O–H groups in total. The molecule has 0 aromatic heterocycles. The summed E-state index contributed by atoms with van der Waals surface area (Å²) in [6.07, 6.45) is 5.54. The fourth-order valence-corrected chi connectivity index (χ4v) is 3.49. The third kappa shape index (κ3) is 5.22. The number of rotatable bonds is 10. The summed E-state index contributed by atoms with van der Waals surface area (Å²) in [4.78, 5) is 0. The van der Waals surface area contributed by atoms with Crippen molar-refractivity contribution in [1.29, 1.82) is 0 Å². The van der Waals surface area contributed by atoms with Crippen LogP contribution in [0.1, 0.15) is 53.4 Å². The smallest absolute Gasteiger partial charge is 0.0673 e. The van der Waals surface area contributed by atoms with Crippen LogP contribution in [-0.4, -0.2) is 39.0 Å². The first kappa shape index (κ1) is 17.2. The van der Waals surface area contributed by atoms with Gasteiger partial charge >= 0.3 is 0 Å². The molecule has 1 saturated heterocycles. The maximum absolute atomic E-state index is 6.13. The third-order valence-electron chi connectivity index (χ3n) is 4.78. The minimum atomic E-state index is 0.313. The first-order valence-corrected chi connectivity index (χ1v) is 8.93. The minimum absolute atomic E-state index is 0.313. The van der Waals surface area contributed by atoms with Gasteiger partial charge in [0.2, 0.25) is 0 Å². The molecule has 2 atom stereocenters. The van der Waals surface area contributed by atoms with Crippen LogP contribution in [0, 0.1) is 23.2 Å². The molecule has 0 radical (unpaired) electrons. The van der Waals surface area contributed by atoms with E-state index in [-0.39, 0.29) is 0 Å². The predicted molar refractivity (Wildman–Crippen MR) is 87.5 cm³/mol. The molecule has 0 aromatic carbocycles. The number of nitrogens with one attached hydrogen (secondary N) is 1. The molecular formula is C18H35NO2. The van der Waals surface area contributed by atoms with Crippen LogP contribution in [-0.2, 0) is 9.47 Å². The zero-order valence-corrected chi connectivity index (χ0v) is 14.5. The van der Waals surface area contributed by atoms with E-state index in [1.807, 2.05) is 0 Å². The zero-order valence-electron chi connectivity index (χ0n) is 14.5. The highest BCUT2D eigenvalue weighted by molar-refractivity contribution is 5.00. The molecule has 0 spiro atoms. The fraction of sp³-hybridized carbons (Fsp3) is 1.00. The van der Waals surface area contributed by atoms with Gasteiger partial charge in [-0.2, -0.15) is 0 Å². The lowest BCUT2D eigenvalue weighted by Crippen LogP contribution is -2.43. The maximum Gasteiger partial charge on any atom is 0.0673 e. The monoisotopic (exact) mass is 297 g/mol. The van der Waals surface area contributed by atoms with Crippen molar-refractivity contribution in [3.8, 4) is 0 Å². The molecule has 0 bridgehead atoms. The molecule has 1 saturated carbocycles. The van der Waals surface area contributed by atoms with Crippen molar-refractivity contribution in [1.82, 2.24) is 5.32 Å². The quantitative estimate of drug-likeness (QED) is 0.626. The Balaban J connectivity index is 1.86. The predicted octanol–water partition coefficient (Wildman–Crippen LogP) is 3.48. The first-order chi connectivity index (χ1) is 10.0. The van der Waals surface area contributed by atoms with Crippen molar-refractivity contribution < 1.29 is 9.47 Å². The Morgan fingerprint density at radius 1 is 1.19 bits per heavy atom. The van der Waals surface area contributed by atoms with E-state index in [0.717, 1.165) is 45.2 Å². The summed E-state index contributed by atoms with van der Waals surface area (Å²) in [6.45, 7) is 13.9. The Kier molecular flexibility index (Phi) is 6.51. The fourth-order valence-electron chi connectivity index (χ4n) is 3.49. The lowest BCUT2D eigenvalue weighted by Gasteiger charge is -2.35. The van der Waals surface area contributed by atoms with Crippen LogP contribution in [0.25, 0.3) is 0 Å². The second-order valence-corrected chi connectivity index (χ2v) is 7.98. The van der Waals surface area contributed by atoms with Crippen LogP contribution in [0.3, 0.4) is 0 Å². The molecule has 0 amide bonds. The van der Waals surface area contributed by atoms with Gasteiger partial charge in [0.1, 0.15) is 0 Å². The van der Waals surface area contributed by atoms with Crippen molar-refractivity contribution in [2.75, 3.05) is 32.9 Å². The summed E-state index contributed by atoms with van der Waals surface area (Å²) < 4.78 is 12.0. The first-order valence-electron chi connectivity index (χ1n) is 8.93. The molecule has 1 aliphatic carbocycles. The molecule has 124 valence electrons. The SMILES string of the molecule is CC(C)CNCC1(CCOCC(C)C)CCOC1C1CC1. The highest BCUT2D eigenvalue weighted by atomic mass is 16.5. The largest absolute Gasteiger partial charge is 0.381 e. The Hall–Kier alpha value is -0.120. The molecule has 2 unspecified atom stereocenters. The molecule has 1 aliphatic heterocycles. The van der Waals surface area contributed by atoms with Gasteiger partial charge in [-0.15, -0.1) is 0 Å². The average molecular weight is 297 g/mol. The van der Waals surface area contributed by atoms with Gasteiger partial charge < -0.3 is 14.8 Å². The second kappa shape index (κ2) is 7.94. The van der Waals surface area contributed by atoms with E-state index in [9.17, 15) is 0 Å². The Bertz CT molecular complexity index is 302. The van der Waals surface area contributed by atoms with Gasteiger partial charge in [-0.3, -0.25) is 0 Å². The number of hydrogen-bond donors (Lipinski definition) is 1. The van der Waals surface area contributed by atoms with E-state index in [1.165, 1.54) is 19.3 Å². The van der Waals surface area contributed by atoms with Crippen molar-refractivity contribution in [2.24, 2.45) is 23.2 Å². The van der Waals surface area contributed by atoms with E-state index in [1.54, 1.807) is 0 Å². The summed E-state index contributed by atoms with van der Waals surface area (Å²) in [5, 5.41) is 3.69. The average Bonchev–Trinajstić information content (AvgIpc) is 3.16. The lowest BCUT2D eigenvalue weighted by molar-refractivity contribution is 0.00545. The standard InChI is InChI=1S/C18H35NO2/c1-14(2)11-19-13-18(7-9-20-12-15(3)4)8-10-21-17(18)16-5-6-16/h14-17,19H,5-13H2,1-4H3. The molecule has 1 heterocycles. The summed E-state index contributed by atoms with van der Waals surface area (Å²) in [5.74, 6) is 2.15. The summed E-state index contributed by atoms with van der Waals surface area (Å²) in [5.41, 5.74) is 0.313. The lowest BCUT2D eigenvalue weighted by atomic mass is 9.76. The Morgan fingerprint density at radius 2 is 1.95 bits per heavy atom. The van der Waals surface area contributed by atoms with Crippen molar-refractivity contribution in [3.63, 3.8) is 0 Å². The Labute approximate surface area is 131 Å². The molecule has 0 aromatic rings. The van der Waals surface area contributed by atoms with E-state index < -0.39 is 0 Å². The molecule has 3 heteroatoms. The van der Waals surface area contributed by atoms with Gasteiger partial charge in [0, 0.05) is 31.8 Å². The van der Waals surface area contributed by atoms with E-state index in [2.05, 4.69) is 33.0 Å². The van der Waals surface area contributed by atoms with Crippen molar-refractivity contribution in [3.05, 3.63) is 0 Å². The zero-order chi connectivity index (χ0) is 15.3. The van der Waals surface area contributed by atoms with E-state index in [4.69, 9.17) is 9.47 Å². The minimum Gasteiger partial charge on any atom is -0.381 e. The van der Waals surface area contributed by atoms with Gasteiger partial charge in [-0.05, 0) is 50.0 Å². The third-order valence-corrected chi connectivity index (χ3v) is 4.78. The van der Waals surface area contributed by atoms with Gasteiger partial charge in [0.05, 0.1) is 6.10 Å². The number of hydrogen-bond acceptors (Lipinski definition) is 3. The normalized spacial score (nSPS) is 29.7. The summed E-state index contributed by atoms with van der Waals surface area (Å²) >= 11 is 0. The summed E-state index contributed by atoms with van der Waals surface area (Å²) in [6, 6.07) is 0. The van der Waals surface area contributed by atoms with Gasteiger partial charge in [-0.1, -0.05) is 27.7 Å². The van der Waals surface area contributed by atoms with Gasteiger partial charge in [0.15, 0.2) is 0 Å². The van der Waals surface area contributed by atoms with Gasteiger partial charge in [0.25, 0.3) is 0 Å².